The Morgan fingerprint density at radius 3 is 2.69 bits per heavy atom. The molecular weight excluding hydrogens is 330 g/mol. The SMILES string of the molecule is C[C@@]12CCN(C(=O)c3ccccn3)C[C@H]1N(c1ccccc1)C(=O)CO2. The van der Waals surface area contributed by atoms with Gasteiger partial charge in [0.25, 0.3) is 11.8 Å². The van der Waals surface area contributed by atoms with Crippen molar-refractivity contribution in [1.82, 2.24) is 9.88 Å². The number of nitrogens with zero attached hydrogens (tertiary/aromatic N) is 3. The largest absolute Gasteiger partial charge is 0.363 e. The second kappa shape index (κ2) is 6.53. The van der Waals surface area contributed by atoms with Crippen molar-refractivity contribution in [2.45, 2.75) is 25.0 Å². The fourth-order valence-electron chi connectivity index (χ4n) is 3.76. The van der Waals surface area contributed by atoms with Crippen LogP contribution in [0.5, 0.6) is 0 Å². The number of rotatable bonds is 2. The first-order valence-electron chi connectivity index (χ1n) is 8.80. The summed E-state index contributed by atoms with van der Waals surface area (Å²) < 4.78 is 5.92. The number of carbonyl (C=O) groups excluding carboxylic acids is 2. The molecule has 0 spiro atoms. The maximum atomic E-state index is 12.8. The maximum absolute atomic E-state index is 12.8. The summed E-state index contributed by atoms with van der Waals surface area (Å²) in [6.07, 6.45) is 2.29. The minimum Gasteiger partial charge on any atom is -0.363 e. The van der Waals surface area contributed by atoms with E-state index in [9.17, 15) is 9.59 Å². The zero-order valence-corrected chi connectivity index (χ0v) is 14.7. The summed E-state index contributed by atoms with van der Waals surface area (Å²) in [6, 6.07) is 14.7. The topological polar surface area (TPSA) is 62.7 Å². The van der Waals surface area contributed by atoms with Crippen LogP contribution in [-0.2, 0) is 9.53 Å². The second-order valence-corrected chi connectivity index (χ2v) is 6.93. The van der Waals surface area contributed by atoms with E-state index < -0.39 is 5.60 Å². The molecule has 2 fully saturated rings. The number of pyridine rings is 1. The first-order valence-corrected chi connectivity index (χ1v) is 8.80. The van der Waals surface area contributed by atoms with Crippen LogP contribution in [0.1, 0.15) is 23.8 Å². The molecule has 2 aliphatic heterocycles. The van der Waals surface area contributed by atoms with Crippen LogP contribution in [-0.4, -0.2) is 53.0 Å². The Morgan fingerprint density at radius 1 is 1.19 bits per heavy atom. The van der Waals surface area contributed by atoms with Gasteiger partial charge in [0.1, 0.15) is 12.3 Å². The van der Waals surface area contributed by atoms with E-state index in [0.29, 0.717) is 25.2 Å². The van der Waals surface area contributed by atoms with Gasteiger partial charge in [-0.1, -0.05) is 24.3 Å². The predicted octanol–water partition coefficient (Wildman–Crippen LogP) is 2.12. The number of likely N-dealkylation sites (tertiary alicyclic amines) is 1. The third kappa shape index (κ3) is 2.86. The van der Waals surface area contributed by atoms with Crippen molar-refractivity contribution in [3.8, 4) is 0 Å². The van der Waals surface area contributed by atoms with Gasteiger partial charge in [0.05, 0.1) is 11.6 Å². The molecule has 2 aromatic rings. The number of ether oxygens (including phenoxy) is 1. The molecule has 2 atom stereocenters. The van der Waals surface area contributed by atoms with Crippen LogP contribution >= 0.6 is 0 Å². The van der Waals surface area contributed by atoms with Gasteiger partial charge in [-0.25, -0.2) is 0 Å². The van der Waals surface area contributed by atoms with Gasteiger partial charge in [-0.15, -0.1) is 0 Å². The van der Waals surface area contributed by atoms with Crippen LogP contribution in [0.2, 0.25) is 0 Å². The summed E-state index contributed by atoms with van der Waals surface area (Å²) in [5.41, 5.74) is 0.791. The molecule has 2 aliphatic rings. The monoisotopic (exact) mass is 351 g/mol. The summed E-state index contributed by atoms with van der Waals surface area (Å²) >= 11 is 0. The lowest BCUT2D eigenvalue weighted by Crippen LogP contribution is -2.68. The molecule has 0 saturated carbocycles. The zero-order chi connectivity index (χ0) is 18.1. The Morgan fingerprint density at radius 2 is 1.96 bits per heavy atom. The molecule has 0 unspecified atom stereocenters. The van der Waals surface area contributed by atoms with Gasteiger partial charge in [0.2, 0.25) is 0 Å². The smallest absolute Gasteiger partial charge is 0.272 e. The highest BCUT2D eigenvalue weighted by Gasteiger charge is 2.50. The first-order chi connectivity index (χ1) is 12.6. The maximum Gasteiger partial charge on any atom is 0.272 e. The molecule has 4 rings (SSSR count). The molecule has 0 radical (unpaired) electrons. The fraction of sp³-hybridized carbons (Fsp3) is 0.350. The van der Waals surface area contributed by atoms with E-state index in [1.165, 1.54) is 0 Å². The van der Waals surface area contributed by atoms with E-state index in [1.54, 1.807) is 34.2 Å². The van der Waals surface area contributed by atoms with E-state index >= 15 is 0 Å². The van der Waals surface area contributed by atoms with Crippen LogP contribution in [0.25, 0.3) is 0 Å². The Labute approximate surface area is 152 Å². The minimum absolute atomic E-state index is 0.0656. The molecular formula is C20H21N3O3. The molecule has 2 saturated heterocycles. The van der Waals surface area contributed by atoms with Gasteiger partial charge in [0, 0.05) is 25.0 Å². The molecule has 0 aliphatic carbocycles. The lowest BCUT2D eigenvalue weighted by Gasteiger charge is -2.52. The van der Waals surface area contributed by atoms with Crippen molar-refractivity contribution in [3.05, 3.63) is 60.4 Å². The Balaban J connectivity index is 1.64. The standard InChI is InChI=1S/C20H21N3O3/c1-20-10-12-22(19(25)16-9-5-6-11-21-16)13-17(20)23(18(24)14-26-20)15-7-3-2-4-8-15/h2-9,11,17H,10,12-14H2,1H3/t17-,20-/m1/s1. The number of piperidine rings is 1. The first kappa shape index (κ1) is 16.7. The Kier molecular flexibility index (Phi) is 4.20. The van der Waals surface area contributed by atoms with Gasteiger partial charge in [-0.05, 0) is 37.6 Å². The van der Waals surface area contributed by atoms with Crippen molar-refractivity contribution in [2.75, 3.05) is 24.6 Å². The molecule has 2 amide bonds. The van der Waals surface area contributed by atoms with Gasteiger partial charge >= 0.3 is 0 Å². The summed E-state index contributed by atoms with van der Waals surface area (Å²) in [7, 11) is 0. The van der Waals surface area contributed by atoms with Gasteiger partial charge in [0.15, 0.2) is 0 Å². The molecule has 0 N–H and O–H groups in total. The predicted molar refractivity (Wildman–Crippen MR) is 96.8 cm³/mol. The van der Waals surface area contributed by atoms with E-state index in [0.717, 1.165) is 5.69 Å². The van der Waals surface area contributed by atoms with Crippen LogP contribution in [0.4, 0.5) is 5.69 Å². The molecule has 134 valence electrons. The van der Waals surface area contributed by atoms with Crippen LogP contribution < -0.4 is 4.90 Å². The Hall–Kier alpha value is -2.73. The molecule has 3 heterocycles. The number of carbonyl (C=O) groups is 2. The number of anilines is 1. The van der Waals surface area contributed by atoms with Crippen molar-refractivity contribution in [1.29, 1.82) is 0 Å². The van der Waals surface area contributed by atoms with Crippen molar-refractivity contribution in [3.63, 3.8) is 0 Å². The summed E-state index contributed by atoms with van der Waals surface area (Å²) in [5.74, 6) is -0.190. The number of benzene rings is 1. The van der Waals surface area contributed by atoms with Crippen LogP contribution in [0, 0.1) is 0 Å². The highest BCUT2D eigenvalue weighted by atomic mass is 16.5. The molecule has 1 aromatic carbocycles. The van der Waals surface area contributed by atoms with Gasteiger partial charge in [-0.3, -0.25) is 14.6 Å². The summed E-state index contributed by atoms with van der Waals surface area (Å²) in [6.45, 7) is 3.10. The molecule has 1 aromatic heterocycles. The van der Waals surface area contributed by atoms with Crippen molar-refractivity contribution >= 4 is 17.5 Å². The second-order valence-electron chi connectivity index (χ2n) is 6.93. The zero-order valence-electron chi connectivity index (χ0n) is 14.7. The van der Waals surface area contributed by atoms with E-state index in [2.05, 4.69) is 4.98 Å². The third-order valence-electron chi connectivity index (χ3n) is 5.29. The number of para-hydroxylation sites is 1. The fourth-order valence-corrected chi connectivity index (χ4v) is 3.76. The van der Waals surface area contributed by atoms with Gasteiger partial charge < -0.3 is 14.5 Å². The number of hydrogen-bond donors (Lipinski definition) is 0. The van der Waals surface area contributed by atoms with E-state index in [-0.39, 0.29) is 24.5 Å². The summed E-state index contributed by atoms with van der Waals surface area (Å²) in [4.78, 5) is 33.2. The third-order valence-corrected chi connectivity index (χ3v) is 5.29. The highest BCUT2D eigenvalue weighted by Crippen LogP contribution is 2.36. The summed E-state index contributed by atoms with van der Waals surface area (Å²) in [5, 5.41) is 0. The normalized spacial score (nSPS) is 25.7. The molecule has 26 heavy (non-hydrogen) atoms. The van der Waals surface area contributed by atoms with Crippen LogP contribution in [0.3, 0.4) is 0 Å². The van der Waals surface area contributed by atoms with Gasteiger partial charge in [-0.2, -0.15) is 0 Å². The number of fused-ring (bicyclic) bond motifs is 1. The highest BCUT2D eigenvalue weighted by molar-refractivity contribution is 5.96. The Bertz CT molecular complexity index is 812. The lowest BCUT2D eigenvalue weighted by atomic mass is 9.85. The van der Waals surface area contributed by atoms with Crippen molar-refractivity contribution < 1.29 is 14.3 Å². The van der Waals surface area contributed by atoms with Crippen molar-refractivity contribution in [2.24, 2.45) is 0 Å². The molecule has 6 heteroatoms. The van der Waals surface area contributed by atoms with E-state index in [4.69, 9.17) is 4.74 Å². The lowest BCUT2D eigenvalue weighted by molar-refractivity contribution is -0.149. The molecule has 6 nitrogen and oxygen atoms in total. The quantitative estimate of drug-likeness (QED) is 0.831. The minimum atomic E-state index is -0.468. The number of amides is 2. The average Bonchev–Trinajstić information content (AvgIpc) is 2.69. The number of aromatic nitrogens is 1. The van der Waals surface area contributed by atoms with E-state index in [1.807, 2.05) is 37.3 Å². The average molecular weight is 351 g/mol. The molecule has 0 bridgehead atoms. The number of morpholine rings is 1. The number of hydrogen-bond acceptors (Lipinski definition) is 4. The van der Waals surface area contributed by atoms with Crippen LogP contribution in [0.15, 0.2) is 54.7 Å².